The molecule has 106 valence electrons. The largest absolute Gasteiger partial charge is 0.373 e. The van der Waals surface area contributed by atoms with E-state index in [-0.39, 0.29) is 11.4 Å². The van der Waals surface area contributed by atoms with Gasteiger partial charge in [-0.3, -0.25) is 4.79 Å². The van der Waals surface area contributed by atoms with Crippen molar-refractivity contribution in [2.24, 2.45) is 0 Å². The number of benzene rings is 1. The molecule has 0 bridgehead atoms. The van der Waals surface area contributed by atoms with Gasteiger partial charge in [-0.25, -0.2) is 4.98 Å². The van der Waals surface area contributed by atoms with Crippen LogP contribution in [-0.2, 0) is 0 Å². The molecular formula is C16H21N3O. The summed E-state index contributed by atoms with van der Waals surface area (Å²) in [6, 6.07) is 7.80. The van der Waals surface area contributed by atoms with Gasteiger partial charge in [0, 0.05) is 24.2 Å². The van der Waals surface area contributed by atoms with Gasteiger partial charge in [-0.1, -0.05) is 31.2 Å². The van der Waals surface area contributed by atoms with Gasteiger partial charge in [0.05, 0.1) is 5.56 Å². The topological polar surface area (TPSA) is 54.0 Å². The van der Waals surface area contributed by atoms with E-state index in [0.717, 1.165) is 23.0 Å². The average Bonchev–Trinajstić information content (AvgIpc) is 2.45. The summed E-state index contributed by atoms with van der Waals surface area (Å²) in [5.41, 5.74) is 0.390. The minimum atomic E-state index is -0.222. The van der Waals surface area contributed by atoms with Gasteiger partial charge in [0.2, 0.25) is 0 Å². The van der Waals surface area contributed by atoms with Crippen molar-refractivity contribution in [3.8, 4) is 0 Å². The lowest BCUT2D eigenvalue weighted by Crippen LogP contribution is -2.42. The summed E-state index contributed by atoms with van der Waals surface area (Å²) in [5.74, 6) is 0.704. The van der Waals surface area contributed by atoms with Crippen LogP contribution >= 0.6 is 0 Å². The van der Waals surface area contributed by atoms with Crippen LogP contribution < -0.4 is 10.6 Å². The zero-order valence-electron chi connectivity index (χ0n) is 12.4. The molecule has 20 heavy (non-hydrogen) atoms. The smallest absolute Gasteiger partial charge is 0.253 e. The Morgan fingerprint density at radius 3 is 2.50 bits per heavy atom. The fourth-order valence-electron chi connectivity index (χ4n) is 2.04. The highest BCUT2D eigenvalue weighted by Crippen LogP contribution is 2.24. The van der Waals surface area contributed by atoms with E-state index in [2.05, 4.69) is 22.5 Å². The van der Waals surface area contributed by atoms with E-state index in [1.165, 1.54) is 0 Å². The Morgan fingerprint density at radius 1 is 1.25 bits per heavy atom. The molecule has 2 N–H and O–H groups in total. The number of nitrogens with zero attached hydrogens (tertiary/aromatic N) is 1. The zero-order valence-corrected chi connectivity index (χ0v) is 12.4. The monoisotopic (exact) mass is 271 g/mol. The van der Waals surface area contributed by atoms with Crippen molar-refractivity contribution in [3.63, 3.8) is 0 Å². The molecule has 0 unspecified atom stereocenters. The standard InChI is InChI=1S/C16H21N3O/c1-5-16(2,3)19-15(20)13-10-18-14(17-4)12-9-7-6-8-11(12)13/h6-10H,5H2,1-4H3,(H,17,18)(H,19,20). The van der Waals surface area contributed by atoms with Crippen LogP contribution in [0.5, 0.6) is 0 Å². The van der Waals surface area contributed by atoms with E-state index in [1.54, 1.807) is 6.20 Å². The second-order valence-corrected chi connectivity index (χ2v) is 5.51. The highest BCUT2D eigenvalue weighted by Gasteiger charge is 2.20. The molecule has 2 aromatic rings. The molecule has 1 aromatic carbocycles. The molecule has 1 amide bonds. The Hall–Kier alpha value is -2.10. The van der Waals surface area contributed by atoms with Crippen molar-refractivity contribution in [1.29, 1.82) is 0 Å². The molecule has 1 heterocycles. The van der Waals surface area contributed by atoms with Crippen LogP contribution in [0.15, 0.2) is 30.5 Å². The number of rotatable bonds is 4. The molecule has 4 heteroatoms. The Kier molecular flexibility index (Phi) is 3.93. The lowest BCUT2D eigenvalue weighted by Gasteiger charge is -2.24. The molecule has 0 spiro atoms. The van der Waals surface area contributed by atoms with Crippen molar-refractivity contribution in [2.75, 3.05) is 12.4 Å². The Morgan fingerprint density at radius 2 is 1.90 bits per heavy atom. The van der Waals surface area contributed by atoms with E-state index in [4.69, 9.17) is 0 Å². The van der Waals surface area contributed by atoms with Gasteiger partial charge in [0.1, 0.15) is 5.82 Å². The van der Waals surface area contributed by atoms with E-state index in [1.807, 2.05) is 45.2 Å². The van der Waals surface area contributed by atoms with Gasteiger partial charge in [-0.2, -0.15) is 0 Å². The number of pyridine rings is 1. The molecule has 0 aliphatic carbocycles. The maximum Gasteiger partial charge on any atom is 0.253 e. The van der Waals surface area contributed by atoms with Gasteiger partial charge in [-0.05, 0) is 25.7 Å². The Labute approximate surface area is 119 Å². The second kappa shape index (κ2) is 5.49. The molecule has 1 aromatic heterocycles. The van der Waals surface area contributed by atoms with E-state index >= 15 is 0 Å². The third kappa shape index (κ3) is 2.74. The number of amides is 1. The molecule has 0 aliphatic rings. The van der Waals surface area contributed by atoms with E-state index < -0.39 is 0 Å². The SMILES string of the molecule is CCC(C)(C)NC(=O)c1cnc(NC)c2ccccc12. The highest BCUT2D eigenvalue weighted by molar-refractivity contribution is 6.09. The third-order valence-electron chi connectivity index (χ3n) is 3.61. The first-order chi connectivity index (χ1) is 9.48. The number of nitrogens with one attached hydrogen (secondary N) is 2. The Balaban J connectivity index is 2.48. The molecule has 0 fully saturated rings. The predicted octanol–water partition coefficient (Wildman–Crippen LogP) is 3.19. The molecule has 0 aliphatic heterocycles. The van der Waals surface area contributed by atoms with Crippen molar-refractivity contribution in [1.82, 2.24) is 10.3 Å². The van der Waals surface area contributed by atoms with Crippen LogP contribution in [-0.4, -0.2) is 23.5 Å². The van der Waals surface area contributed by atoms with Crippen LogP contribution in [0.3, 0.4) is 0 Å². The number of carbonyl (C=O) groups excluding carboxylic acids is 1. The quantitative estimate of drug-likeness (QED) is 0.898. The fraction of sp³-hybridized carbons (Fsp3) is 0.375. The lowest BCUT2D eigenvalue weighted by molar-refractivity contribution is 0.0912. The lowest BCUT2D eigenvalue weighted by atomic mass is 10.0. The molecule has 0 saturated heterocycles. The van der Waals surface area contributed by atoms with Crippen LogP contribution in [0.2, 0.25) is 0 Å². The minimum Gasteiger partial charge on any atom is -0.373 e. The molecule has 4 nitrogen and oxygen atoms in total. The maximum atomic E-state index is 12.5. The van der Waals surface area contributed by atoms with Crippen molar-refractivity contribution < 1.29 is 4.79 Å². The summed E-state index contributed by atoms with van der Waals surface area (Å²) < 4.78 is 0. The first-order valence-corrected chi connectivity index (χ1v) is 6.86. The normalized spacial score (nSPS) is 11.4. The first-order valence-electron chi connectivity index (χ1n) is 6.86. The molecule has 0 atom stereocenters. The average molecular weight is 271 g/mol. The van der Waals surface area contributed by atoms with Crippen LogP contribution in [0.4, 0.5) is 5.82 Å². The van der Waals surface area contributed by atoms with Crippen LogP contribution in [0, 0.1) is 0 Å². The first kappa shape index (κ1) is 14.3. The van der Waals surface area contributed by atoms with Gasteiger partial charge >= 0.3 is 0 Å². The summed E-state index contributed by atoms with van der Waals surface area (Å²) in [7, 11) is 1.83. The van der Waals surface area contributed by atoms with Crippen molar-refractivity contribution >= 4 is 22.5 Å². The number of hydrogen-bond donors (Lipinski definition) is 2. The summed E-state index contributed by atoms with van der Waals surface area (Å²) >= 11 is 0. The summed E-state index contributed by atoms with van der Waals surface area (Å²) in [4.78, 5) is 16.8. The van der Waals surface area contributed by atoms with E-state index in [9.17, 15) is 4.79 Å². The maximum absolute atomic E-state index is 12.5. The minimum absolute atomic E-state index is 0.0804. The highest BCUT2D eigenvalue weighted by atomic mass is 16.1. The fourth-order valence-corrected chi connectivity index (χ4v) is 2.04. The summed E-state index contributed by atoms with van der Waals surface area (Å²) in [6.45, 7) is 6.09. The van der Waals surface area contributed by atoms with Crippen LogP contribution in [0.1, 0.15) is 37.6 Å². The number of anilines is 1. The second-order valence-electron chi connectivity index (χ2n) is 5.51. The zero-order chi connectivity index (χ0) is 14.8. The summed E-state index contributed by atoms with van der Waals surface area (Å²) in [6.07, 6.45) is 2.51. The van der Waals surface area contributed by atoms with Crippen molar-refractivity contribution in [2.45, 2.75) is 32.7 Å². The third-order valence-corrected chi connectivity index (χ3v) is 3.61. The Bertz CT molecular complexity index is 635. The number of hydrogen-bond acceptors (Lipinski definition) is 3. The van der Waals surface area contributed by atoms with Crippen molar-refractivity contribution in [3.05, 3.63) is 36.0 Å². The molecular weight excluding hydrogens is 250 g/mol. The van der Waals surface area contributed by atoms with Gasteiger partial charge in [0.15, 0.2) is 0 Å². The molecule has 0 radical (unpaired) electrons. The van der Waals surface area contributed by atoms with Gasteiger partial charge in [-0.15, -0.1) is 0 Å². The predicted molar refractivity (Wildman–Crippen MR) is 83.1 cm³/mol. The number of aromatic nitrogens is 1. The van der Waals surface area contributed by atoms with Crippen LogP contribution in [0.25, 0.3) is 10.8 Å². The van der Waals surface area contributed by atoms with E-state index in [0.29, 0.717) is 5.56 Å². The molecule has 0 saturated carbocycles. The molecule has 2 rings (SSSR count). The van der Waals surface area contributed by atoms with Gasteiger partial charge < -0.3 is 10.6 Å². The van der Waals surface area contributed by atoms with Gasteiger partial charge in [0.25, 0.3) is 5.91 Å². The number of carbonyl (C=O) groups is 1. The summed E-state index contributed by atoms with van der Waals surface area (Å²) in [5, 5.41) is 7.97. The number of fused-ring (bicyclic) bond motifs is 1.